The second-order valence-corrected chi connectivity index (χ2v) is 5.42. The van der Waals surface area contributed by atoms with Crippen molar-refractivity contribution in [1.29, 1.82) is 0 Å². The van der Waals surface area contributed by atoms with Crippen LogP contribution in [0.4, 0.5) is 5.69 Å². The van der Waals surface area contributed by atoms with Crippen LogP contribution in [0.1, 0.15) is 11.1 Å². The smallest absolute Gasteiger partial charge is 0.224 e. The molecule has 0 aliphatic heterocycles. The Balaban J connectivity index is 1.79. The van der Waals surface area contributed by atoms with E-state index in [1.165, 1.54) is 5.56 Å². The van der Waals surface area contributed by atoms with Gasteiger partial charge in [0.1, 0.15) is 5.75 Å². The lowest BCUT2D eigenvalue weighted by Crippen LogP contribution is -2.28. The number of hydrogen-bond donors (Lipinski definition) is 2. The summed E-state index contributed by atoms with van der Waals surface area (Å²) in [5, 5.41) is 6.18. The van der Waals surface area contributed by atoms with E-state index in [1.807, 2.05) is 48.5 Å². The van der Waals surface area contributed by atoms with E-state index in [0.717, 1.165) is 23.5 Å². The van der Waals surface area contributed by atoms with Crippen molar-refractivity contribution >= 4 is 11.6 Å². The molecule has 0 spiro atoms. The van der Waals surface area contributed by atoms with Gasteiger partial charge in [-0.15, -0.1) is 0 Å². The van der Waals surface area contributed by atoms with Gasteiger partial charge in [0.25, 0.3) is 0 Å². The summed E-state index contributed by atoms with van der Waals surface area (Å²) in [7, 11) is 3.27. The number of hydrogen-bond acceptors (Lipinski definition) is 4. The summed E-state index contributed by atoms with van der Waals surface area (Å²) < 4.78 is 10.1. The van der Waals surface area contributed by atoms with Crippen molar-refractivity contribution in [1.82, 2.24) is 5.32 Å². The van der Waals surface area contributed by atoms with E-state index in [2.05, 4.69) is 10.6 Å². The lowest BCUT2D eigenvalue weighted by molar-refractivity contribution is -0.120. The molecule has 2 aromatic carbocycles. The Labute approximate surface area is 143 Å². The summed E-state index contributed by atoms with van der Waals surface area (Å²) >= 11 is 0. The summed E-state index contributed by atoms with van der Waals surface area (Å²) in [6.07, 6.45) is 0.377. The highest BCUT2D eigenvalue weighted by Gasteiger charge is 2.03. The molecule has 0 bridgehead atoms. The van der Waals surface area contributed by atoms with Crippen molar-refractivity contribution in [3.63, 3.8) is 0 Å². The largest absolute Gasteiger partial charge is 0.497 e. The van der Waals surface area contributed by atoms with Crippen molar-refractivity contribution in [2.45, 2.75) is 13.0 Å². The zero-order chi connectivity index (χ0) is 17.2. The molecule has 128 valence electrons. The van der Waals surface area contributed by atoms with Crippen LogP contribution >= 0.6 is 0 Å². The Kier molecular flexibility index (Phi) is 7.11. The number of amides is 1. The third kappa shape index (κ3) is 5.93. The zero-order valence-electron chi connectivity index (χ0n) is 14.2. The van der Waals surface area contributed by atoms with Gasteiger partial charge in [-0.25, -0.2) is 0 Å². The molecule has 0 heterocycles. The third-order valence-corrected chi connectivity index (χ3v) is 3.60. The minimum atomic E-state index is 0.00555. The van der Waals surface area contributed by atoms with Crippen molar-refractivity contribution in [2.24, 2.45) is 0 Å². The normalized spacial score (nSPS) is 10.2. The van der Waals surface area contributed by atoms with Crippen LogP contribution in [0.25, 0.3) is 0 Å². The zero-order valence-corrected chi connectivity index (χ0v) is 14.2. The summed E-state index contributed by atoms with van der Waals surface area (Å²) in [6.45, 7) is 1.80. The van der Waals surface area contributed by atoms with Crippen LogP contribution in [-0.2, 0) is 22.5 Å². The molecule has 2 aromatic rings. The van der Waals surface area contributed by atoms with Gasteiger partial charge in [-0.1, -0.05) is 24.3 Å². The highest BCUT2D eigenvalue weighted by molar-refractivity contribution is 5.78. The van der Waals surface area contributed by atoms with Crippen molar-refractivity contribution in [3.8, 4) is 5.75 Å². The highest BCUT2D eigenvalue weighted by atomic mass is 16.5. The molecule has 24 heavy (non-hydrogen) atoms. The van der Waals surface area contributed by atoms with Crippen LogP contribution in [0.3, 0.4) is 0 Å². The predicted molar refractivity (Wildman–Crippen MR) is 95.4 cm³/mol. The predicted octanol–water partition coefficient (Wildman–Crippen LogP) is 2.61. The first-order chi connectivity index (χ1) is 11.7. The van der Waals surface area contributed by atoms with Crippen molar-refractivity contribution < 1.29 is 14.3 Å². The fraction of sp³-hybridized carbons (Fsp3) is 0.316. The number of carbonyl (C=O) groups is 1. The average molecular weight is 328 g/mol. The maximum atomic E-state index is 11.7. The van der Waals surface area contributed by atoms with E-state index in [0.29, 0.717) is 19.6 Å². The van der Waals surface area contributed by atoms with Crippen molar-refractivity contribution in [2.75, 3.05) is 32.7 Å². The molecule has 0 aliphatic rings. The van der Waals surface area contributed by atoms with E-state index in [9.17, 15) is 4.79 Å². The lowest BCUT2D eigenvalue weighted by atomic mass is 10.1. The van der Waals surface area contributed by atoms with Gasteiger partial charge in [0, 0.05) is 25.9 Å². The maximum absolute atomic E-state index is 11.7. The molecular formula is C19H24N2O3. The third-order valence-electron chi connectivity index (χ3n) is 3.60. The first-order valence-electron chi connectivity index (χ1n) is 7.92. The Bertz CT molecular complexity index is 624. The van der Waals surface area contributed by atoms with Gasteiger partial charge in [-0.05, 0) is 35.4 Å². The number of rotatable bonds is 9. The first-order valence-corrected chi connectivity index (χ1v) is 7.92. The highest BCUT2D eigenvalue weighted by Crippen LogP contribution is 2.14. The quantitative estimate of drug-likeness (QED) is 0.695. The first kappa shape index (κ1) is 17.8. The number of nitrogens with one attached hydrogen (secondary N) is 2. The molecule has 2 rings (SSSR count). The summed E-state index contributed by atoms with van der Waals surface area (Å²) in [5.41, 5.74) is 3.19. The SMILES string of the molecule is COCCNC(=O)Cc1ccc(NCc2ccc(OC)cc2)cc1. The van der Waals surface area contributed by atoms with Crippen LogP contribution in [-0.4, -0.2) is 33.3 Å². The Morgan fingerprint density at radius 1 is 0.958 bits per heavy atom. The topological polar surface area (TPSA) is 59.6 Å². The fourth-order valence-electron chi connectivity index (χ4n) is 2.23. The Morgan fingerprint density at radius 3 is 2.25 bits per heavy atom. The molecule has 0 atom stereocenters. The molecule has 0 radical (unpaired) electrons. The molecule has 0 unspecified atom stereocenters. The number of methoxy groups -OCH3 is 2. The van der Waals surface area contributed by atoms with Crippen molar-refractivity contribution in [3.05, 3.63) is 59.7 Å². The molecule has 0 saturated carbocycles. The van der Waals surface area contributed by atoms with Gasteiger partial charge in [0.05, 0.1) is 20.1 Å². The summed E-state index contributed by atoms with van der Waals surface area (Å²) in [5.74, 6) is 0.859. The molecule has 0 saturated heterocycles. The minimum Gasteiger partial charge on any atom is -0.497 e. The number of anilines is 1. The van der Waals surface area contributed by atoms with Crippen LogP contribution in [0.2, 0.25) is 0 Å². The molecule has 0 aromatic heterocycles. The monoisotopic (exact) mass is 328 g/mol. The van der Waals surface area contributed by atoms with E-state index >= 15 is 0 Å². The van der Waals surface area contributed by atoms with E-state index in [1.54, 1.807) is 14.2 Å². The Hall–Kier alpha value is -2.53. The summed E-state index contributed by atoms with van der Waals surface area (Å²) in [4.78, 5) is 11.7. The Morgan fingerprint density at radius 2 is 1.62 bits per heavy atom. The van der Waals surface area contributed by atoms with Gasteiger partial charge < -0.3 is 20.1 Å². The van der Waals surface area contributed by atoms with Crippen LogP contribution in [0.5, 0.6) is 5.75 Å². The number of ether oxygens (including phenoxy) is 2. The van der Waals surface area contributed by atoms with Gasteiger partial charge in [0.15, 0.2) is 0 Å². The molecule has 5 heteroatoms. The maximum Gasteiger partial charge on any atom is 0.224 e. The van der Waals surface area contributed by atoms with Crippen LogP contribution < -0.4 is 15.4 Å². The standard InChI is InChI=1S/C19H24N2O3/c1-23-12-11-20-19(22)13-15-3-7-17(8-4-15)21-14-16-5-9-18(24-2)10-6-16/h3-10,21H,11-14H2,1-2H3,(H,20,22). The number of carbonyl (C=O) groups excluding carboxylic acids is 1. The van der Waals surface area contributed by atoms with Gasteiger partial charge in [0.2, 0.25) is 5.91 Å². The second-order valence-electron chi connectivity index (χ2n) is 5.42. The van der Waals surface area contributed by atoms with E-state index in [4.69, 9.17) is 9.47 Å². The lowest BCUT2D eigenvalue weighted by Gasteiger charge is -2.09. The van der Waals surface area contributed by atoms with Crippen LogP contribution in [0.15, 0.2) is 48.5 Å². The van der Waals surface area contributed by atoms with E-state index < -0.39 is 0 Å². The number of benzene rings is 2. The molecule has 1 amide bonds. The van der Waals surface area contributed by atoms with Gasteiger partial charge in [-0.2, -0.15) is 0 Å². The molecule has 0 aliphatic carbocycles. The van der Waals surface area contributed by atoms with Gasteiger partial charge >= 0.3 is 0 Å². The second kappa shape index (κ2) is 9.57. The summed E-state index contributed by atoms with van der Waals surface area (Å²) in [6, 6.07) is 15.9. The molecule has 5 nitrogen and oxygen atoms in total. The molecule has 2 N–H and O–H groups in total. The van der Waals surface area contributed by atoms with Gasteiger partial charge in [-0.3, -0.25) is 4.79 Å². The minimum absolute atomic E-state index is 0.00555. The fourth-order valence-corrected chi connectivity index (χ4v) is 2.23. The molecule has 0 fully saturated rings. The average Bonchev–Trinajstić information content (AvgIpc) is 2.62. The molecular weight excluding hydrogens is 304 g/mol. The van der Waals surface area contributed by atoms with Crippen LogP contribution in [0, 0.1) is 0 Å². The van der Waals surface area contributed by atoms with E-state index in [-0.39, 0.29) is 5.91 Å².